The second-order valence-corrected chi connectivity index (χ2v) is 8.15. The minimum absolute atomic E-state index is 0. The van der Waals surface area contributed by atoms with E-state index >= 15 is 0 Å². The molecule has 2 N–H and O–H groups in total. The molecule has 29 heavy (non-hydrogen) atoms. The van der Waals surface area contributed by atoms with E-state index in [0.717, 1.165) is 30.0 Å². The molecule has 0 amide bonds. The van der Waals surface area contributed by atoms with Crippen LogP contribution in [0.5, 0.6) is 0 Å². The molecule has 0 aliphatic heterocycles. The Hall–Kier alpha value is -1.85. The van der Waals surface area contributed by atoms with Crippen LogP contribution in [-0.4, -0.2) is 22.1 Å². The maximum atomic E-state index is 12.7. The molecular formula is C23H34ClN3O2. The Kier molecular flexibility index (Phi) is 9.68. The Balaban J connectivity index is 0.00000300. The van der Waals surface area contributed by atoms with Gasteiger partial charge >= 0.3 is 5.97 Å². The van der Waals surface area contributed by atoms with E-state index in [9.17, 15) is 4.79 Å². The van der Waals surface area contributed by atoms with E-state index in [2.05, 4.69) is 22.7 Å². The van der Waals surface area contributed by atoms with Crippen molar-refractivity contribution in [3.63, 3.8) is 0 Å². The standard InChI is InChI=1S/C23H33N3O2.ClH/c1-18-9-11-22(12-10-18)26-15-21(25-17-26)14-20(8-5-13-24)23(27)28-16-19-6-3-2-4-7-19;/h2-4,6-7,15,17-18,20,22H,5,8-14,16,24H2,1H3;1H/t18-,20?,22-;. The van der Waals surface area contributed by atoms with E-state index < -0.39 is 0 Å². The molecule has 1 heterocycles. The number of halogens is 1. The molecule has 6 heteroatoms. The zero-order chi connectivity index (χ0) is 19.8. The van der Waals surface area contributed by atoms with Gasteiger partial charge in [-0.2, -0.15) is 0 Å². The van der Waals surface area contributed by atoms with Crippen LogP contribution in [-0.2, 0) is 22.6 Å². The van der Waals surface area contributed by atoms with Crippen molar-refractivity contribution < 1.29 is 9.53 Å². The molecule has 1 aromatic carbocycles. The van der Waals surface area contributed by atoms with Gasteiger partial charge in [0.2, 0.25) is 0 Å². The number of ether oxygens (including phenoxy) is 1. The second-order valence-electron chi connectivity index (χ2n) is 8.15. The molecular weight excluding hydrogens is 386 g/mol. The number of hydrogen-bond acceptors (Lipinski definition) is 4. The highest BCUT2D eigenvalue weighted by molar-refractivity contribution is 5.85. The third-order valence-electron chi connectivity index (χ3n) is 5.83. The topological polar surface area (TPSA) is 70.1 Å². The predicted octanol–water partition coefficient (Wildman–Crippen LogP) is 4.70. The van der Waals surface area contributed by atoms with Crippen LogP contribution >= 0.6 is 12.4 Å². The molecule has 160 valence electrons. The third kappa shape index (κ3) is 7.16. The summed E-state index contributed by atoms with van der Waals surface area (Å²) in [6.07, 6.45) is 11.2. The first-order chi connectivity index (χ1) is 13.7. The average molecular weight is 420 g/mol. The molecule has 3 rings (SSSR count). The minimum Gasteiger partial charge on any atom is -0.461 e. The predicted molar refractivity (Wildman–Crippen MR) is 118 cm³/mol. The van der Waals surface area contributed by atoms with Gasteiger partial charge in [0.15, 0.2) is 0 Å². The molecule has 0 bridgehead atoms. The van der Waals surface area contributed by atoms with Crippen LogP contribution in [0.1, 0.15) is 62.7 Å². The summed E-state index contributed by atoms with van der Waals surface area (Å²) in [5.41, 5.74) is 7.65. The van der Waals surface area contributed by atoms with Crippen molar-refractivity contribution in [2.45, 2.75) is 64.5 Å². The zero-order valence-corrected chi connectivity index (χ0v) is 18.2. The Bertz CT molecular complexity index is 727. The number of carbonyl (C=O) groups excluding carboxylic acids is 1. The van der Waals surface area contributed by atoms with E-state index in [0.29, 0.717) is 25.6 Å². The fraction of sp³-hybridized carbons (Fsp3) is 0.565. The molecule has 1 aliphatic carbocycles. The molecule has 0 spiro atoms. The Labute approximate surface area is 180 Å². The summed E-state index contributed by atoms with van der Waals surface area (Å²) in [7, 11) is 0. The van der Waals surface area contributed by atoms with E-state index in [-0.39, 0.29) is 24.3 Å². The zero-order valence-electron chi connectivity index (χ0n) is 17.3. The van der Waals surface area contributed by atoms with Gasteiger partial charge in [-0.3, -0.25) is 4.79 Å². The van der Waals surface area contributed by atoms with E-state index in [4.69, 9.17) is 10.5 Å². The number of aromatic nitrogens is 2. The number of esters is 1. The van der Waals surface area contributed by atoms with Crippen molar-refractivity contribution in [1.29, 1.82) is 0 Å². The molecule has 1 fully saturated rings. The van der Waals surface area contributed by atoms with E-state index in [1.54, 1.807) is 0 Å². The van der Waals surface area contributed by atoms with Gasteiger partial charge in [0.25, 0.3) is 0 Å². The fourth-order valence-electron chi connectivity index (χ4n) is 3.99. The monoisotopic (exact) mass is 419 g/mol. The summed E-state index contributed by atoms with van der Waals surface area (Å²) < 4.78 is 7.83. The number of nitrogens with zero attached hydrogens (tertiary/aromatic N) is 2. The maximum Gasteiger partial charge on any atom is 0.309 e. The molecule has 0 saturated heterocycles. The molecule has 1 atom stereocenters. The van der Waals surface area contributed by atoms with Crippen molar-refractivity contribution >= 4 is 18.4 Å². The quantitative estimate of drug-likeness (QED) is 0.598. The van der Waals surface area contributed by atoms with Crippen LogP contribution in [0.15, 0.2) is 42.9 Å². The third-order valence-corrected chi connectivity index (χ3v) is 5.83. The highest BCUT2D eigenvalue weighted by Crippen LogP contribution is 2.32. The van der Waals surface area contributed by atoms with Crippen LogP contribution in [0.25, 0.3) is 0 Å². The van der Waals surface area contributed by atoms with Crippen LogP contribution in [0.4, 0.5) is 0 Å². The summed E-state index contributed by atoms with van der Waals surface area (Å²) in [4.78, 5) is 17.3. The molecule has 1 aliphatic rings. The molecule has 5 nitrogen and oxygen atoms in total. The van der Waals surface area contributed by atoms with Crippen molar-refractivity contribution in [3.05, 3.63) is 54.1 Å². The lowest BCUT2D eigenvalue weighted by Gasteiger charge is -2.26. The van der Waals surface area contributed by atoms with Gasteiger partial charge in [-0.25, -0.2) is 4.98 Å². The number of hydrogen-bond donors (Lipinski definition) is 1. The molecule has 2 aromatic rings. The van der Waals surface area contributed by atoms with Crippen molar-refractivity contribution in [1.82, 2.24) is 9.55 Å². The largest absolute Gasteiger partial charge is 0.461 e. The normalized spacial score (nSPS) is 19.9. The summed E-state index contributed by atoms with van der Waals surface area (Å²) in [6, 6.07) is 10.3. The van der Waals surface area contributed by atoms with Crippen molar-refractivity contribution in [2.75, 3.05) is 6.54 Å². The lowest BCUT2D eigenvalue weighted by atomic mass is 9.87. The molecule has 1 unspecified atom stereocenters. The minimum atomic E-state index is -0.193. The van der Waals surface area contributed by atoms with Gasteiger partial charge in [0.05, 0.1) is 17.9 Å². The Morgan fingerprint density at radius 1 is 1.24 bits per heavy atom. The summed E-state index contributed by atoms with van der Waals surface area (Å²) in [5.74, 6) is 0.486. The SMILES string of the molecule is C[C@H]1CC[C@H](n2cnc(CC(CCCN)C(=O)OCc3ccccc3)c2)CC1.Cl. The number of imidazole rings is 1. The van der Waals surface area contributed by atoms with Gasteiger partial charge in [-0.1, -0.05) is 37.3 Å². The lowest BCUT2D eigenvalue weighted by Crippen LogP contribution is -2.21. The van der Waals surface area contributed by atoms with Crippen molar-refractivity contribution in [3.8, 4) is 0 Å². The van der Waals surface area contributed by atoms with Gasteiger partial charge in [-0.05, 0) is 56.6 Å². The highest BCUT2D eigenvalue weighted by Gasteiger charge is 2.23. The Morgan fingerprint density at radius 2 is 1.97 bits per heavy atom. The first-order valence-corrected chi connectivity index (χ1v) is 10.6. The van der Waals surface area contributed by atoms with Crippen LogP contribution in [0, 0.1) is 11.8 Å². The number of nitrogens with two attached hydrogens (primary N) is 1. The summed E-state index contributed by atoms with van der Waals surface area (Å²) in [5, 5.41) is 0. The molecule has 1 saturated carbocycles. The van der Waals surface area contributed by atoms with Gasteiger partial charge < -0.3 is 15.0 Å². The number of benzene rings is 1. The average Bonchev–Trinajstić information content (AvgIpc) is 3.19. The van der Waals surface area contributed by atoms with E-state index in [1.165, 1.54) is 25.7 Å². The smallest absolute Gasteiger partial charge is 0.309 e. The summed E-state index contributed by atoms with van der Waals surface area (Å²) in [6.45, 7) is 3.23. The second kappa shape index (κ2) is 12.0. The number of rotatable bonds is 9. The number of carbonyl (C=O) groups is 1. The fourth-order valence-corrected chi connectivity index (χ4v) is 3.99. The van der Waals surface area contributed by atoms with Crippen LogP contribution in [0.3, 0.4) is 0 Å². The molecule has 1 aromatic heterocycles. The van der Waals surface area contributed by atoms with Crippen LogP contribution < -0.4 is 5.73 Å². The first-order valence-electron chi connectivity index (χ1n) is 10.6. The lowest BCUT2D eigenvalue weighted by molar-refractivity contribution is -0.150. The van der Waals surface area contributed by atoms with Crippen LogP contribution in [0.2, 0.25) is 0 Å². The van der Waals surface area contributed by atoms with Gasteiger partial charge in [0, 0.05) is 18.7 Å². The summed E-state index contributed by atoms with van der Waals surface area (Å²) >= 11 is 0. The maximum absolute atomic E-state index is 12.7. The van der Waals surface area contributed by atoms with E-state index in [1.807, 2.05) is 36.7 Å². The molecule has 0 radical (unpaired) electrons. The highest BCUT2D eigenvalue weighted by atomic mass is 35.5. The van der Waals surface area contributed by atoms with Gasteiger partial charge in [-0.15, -0.1) is 12.4 Å². The Morgan fingerprint density at radius 3 is 2.66 bits per heavy atom. The first kappa shape index (κ1) is 23.4. The van der Waals surface area contributed by atoms with Gasteiger partial charge in [0.1, 0.15) is 6.61 Å². The van der Waals surface area contributed by atoms with Crippen molar-refractivity contribution in [2.24, 2.45) is 17.6 Å².